The minimum atomic E-state index is 0.0148. The molecule has 6 rings (SSSR count). The van der Waals surface area contributed by atoms with Gasteiger partial charge < -0.3 is 19.4 Å². The summed E-state index contributed by atoms with van der Waals surface area (Å²) < 4.78 is 11.3. The molecule has 7 heteroatoms. The summed E-state index contributed by atoms with van der Waals surface area (Å²) >= 11 is 0. The molecule has 0 radical (unpaired) electrons. The number of H-pyrrole nitrogens is 2. The van der Waals surface area contributed by atoms with Crippen LogP contribution in [0.1, 0.15) is 34.7 Å². The molecule has 7 nitrogen and oxygen atoms in total. The summed E-state index contributed by atoms with van der Waals surface area (Å²) in [5, 5.41) is 8.45. The van der Waals surface area contributed by atoms with Gasteiger partial charge in [0.15, 0.2) is 11.5 Å². The molecule has 2 aliphatic rings. The van der Waals surface area contributed by atoms with E-state index in [1.807, 2.05) is 29.2 Å². The van der Waals surface area contributed by atoms with Crippen molar-refractivity contribution in [3.05, 3.63) is 66.0 Å². The first-order valence-corrected chi connectivity index (χ1v) is 11.1. The van der Waals surface area contributed by atoms with E-state index in [9.17, 15) is 4.79 Å². The Bertz CT molecular complexity index is 1280. The molecule has 0 saturated carbocycles. The maximum absolute atomic E-state index is 13.4. The molecule has 2 aromatic carbocycles. The smallest absolute Gasteiger partial charge is 0.257 e. The Hall–Kier alpha value is -3.74. The van der Waals surface area contributed by atoms with Crippen LogP contribution in [0.15, 0.2) is 54.9 Å². The Morgan fingerprint density at radius 3 is 2.72 bits per heavy atom. The minimum Gasteiger partial charge on any atom is -0.486 e. The van der Waals surface area contributed by atoms with Gasteiger partial charge in [-0.25, -0.2) is 0 Å². The van der Waals surface area contributed by atoms with Crippen LogP contribution in [0.4, 0.5) is 0 Å². The van der Waals surface area contributed by atoms with Gasteiger partial charge in [-0.2, -0.15) is 5.10 Å². The first kappa shape index (κ1) is 19.0. The summed E-state index contributed by atoms with van der Waals surface area (Å²) in [6.45, 7) is 2.54. The van der Waals surface area contributed by atoms with Gasteiger partial charge >= 0.3 is 0 Å². The van der Waals surface area contributed by atoms with E-state index < -0.39 is 0 Å². The largest absolute Gasteiger partial charge is 0.486 e. The molecule has 162 valence electrons. The predicted molar refractivity (Wildman–Crippen MR) is 121 cm³/mol. The molecule has 0 bridgehead atoms. The lowest BCUT2D eigenvalue weighted by molar-refractivity contribution is 0.0714. The Labute approximate surface area is 185 Å². The van der Waals surface area contributed by atoms with Crippen molar-refractivity contribution in [1.82, 2.24) is 20.1 Å². The van der Waals surface area contributed by atoms with E-state index >= 15 is 0 Å². The highest BCUT2D eigenvalue weighted by Gasteiger charge is 2.28. The van der Waals surface area contributed by atoms with E-state index in [-0.39, 0.29) is 5.91 Å². The van der Waals surface area contributed by atoms with Crippen LogP contribution < -0.4 is 9.47 Å². The van der Waals surface area contributed by atoms with Gasteiger partial charge in [-0.05, 0) is 48.6 Å². The van der Waals surface area contributed by atoms with E-state index in [4.69, 9.17) is 9.47 Å². The number of carbonyl (C=O) groups excluding carboxylic acids is 1. The van der Waals surface area contributed by atoms with Crippen molar-refractivity contribution in [3.63, 3.8) is 0 Å². The molecule has 2 N–H and O–H groups in total. The normalized spacial score (nSPS) is 16.4. The Balaban J connectivity index is 1.20. The molecule has 0 aliphatic carbocycles. The number of aromatic nitrogens is 3. The number of ether oxygens (including phenoxy) is 2. The third kappa shape index (κ3) is 3.21. The molecule has 4 aromatic rings. The summed E-state index contributed by atoms with van der Waals surface area (Å²) in [5.74, 6) is 1.89. The number of likely N-dealkylation sites (tertiary alicyclic amines) is 1. The summed E-state index contributed by atoms with van der Waals surface area (Å²) in [6, 6.07) is 14.1. The lowest BCUT2D eigenvalue weighted by Gasteiger charge is -2.32. The summed E-state index contributed by atoms with van der Waals surface area (Å²) in [6.07, 6.45) is 5.65. The molecule has 4 heterocycles. The molecule has 0 unspecified atom stereocenters. The summed E-state index contributed by atoms with van der Waals surface area (Å²) in [7, 11) is 0. The fourth-order valence-corrected chi connectivity index (χ4v) is 4.86. The molecule has 1 saturated heterocycles. The second-order valence-corrected chi connectivity index (χ2v) is 8.37. The van der Waals surface area contributed by atoms with E-state index in [2.05, 4.69) is 39.6 Å². The lowest BCUT2D eigenvalue weighted by Crippen LogP contribution is -2.38. The van der Waals surface area contributed by atoms with Gasteiger partial charge in [0.05, 0.1) is 17.5 Å². The van der Waals surface area contributed by atoms with Crippen molar-refractivity contribution < 1.29 is 14.3 Å². The molecule has 2 aliphatic heterocycles. The van der Waals surface area contributed by atoms with E-state index in [0.717, 1.165) is 37.2 Å². The number of fused-ring (bicyclic) bond motifs is 2. The molecule has 0 spiro atoms. The van der Waals surface area contributed by atoms with Crippen molar-refractivity contribution in [3.8, 4) is 22.8 Å². The van der Waals surface area contributed by atoms with Crippen LogP contribution in [0.5, 0.6) is 11.5 Å². The molecule has 32 heavy (non-hydrogen) atoms. The predicted octanol–water partition coefficient (Wildman–Crippen LogP) is 4.35. The zero-order valence-corrected chi connectivity index (χ0v) is 17.6. The monoisotopic (exact) mass is 428 g/mol. The fraction of sp³-hybridized carbons (Fsp3) is 0.280. The summed E-state index contributed by atoms with van der Waals surface area (Å²) in [4.78, 5) is 18.7. The number of nitrogens with zero attached hydrogens (tertiary/aromatic N) is 2. The number of carbonyl (C=O) groups is 1. The van der Waals surface area contributed by atoms with Gasteiger partial charge in [0, 0.05) is 35.8 Å². The molecular formula is C25H24N4O3. The average Bonchev–Trinajstić information content (AvgIpc) is 3.51. The van der Waals surface area contributed by atoms with Crippen molar-refractivity contribution in [2.24, 2.45) is 0 Å². The number of para-hydroxylation sites is 1. The first-order valence-electron chi connectivity index (χ1n) is 11.1. The van der Waals surface area contributed by atoms with E-state index in [0.29, 0.717) is 36.1 Å². The van der Waals surface area contributed by atoms with Crippen molar-refractivity contribution in [2.75, 3.05) is 26.3 Å². The first-order chi connectivity index (χ1) is 15.8. The maximum atomic E-state index is 13.4. The van der Waals surface area contributed by atoms with E-state index in [1.54, 1.807) is 6.20 Å². The van der Waals surface area contributed by atoms with Crippen LogP contribution in [0.25, 0.3) is 22.2 Å². The van der Waals surface area contributed by atoms with Gasteiger partial charge in [0.2, 0.25) is 0 Å². The van der Waals surface area contributed by atoms with Crippen LogP contribution >= 0.6 is 0 Å². The van der Waals surface area contributed by atoms with Crippen LogP contribution in [0.3, 0.4) is 0 Å². The minimum absolute atomic E-state index is 0.0148. The number of hydrogen-bond donors (Lipinski definition) is 2. The highest BCUT2D eigenvalue weighted by Crippen LogP contribution is 2.36. The molecule has 1 amide bonds. The molecule has 1 fully saturated rings. The van der Waals surface area contributed by atoms with Crippen LogP contribution in [-0.2, 0) is 0 Å². The quantitative estimate of drug-likeness (QED) is 0.508. The highest BCUT2D eigenvalue weighted by molar-refractivity contribution is 6.00. The number of amides is 1. The van der Waals surface area contributed by atoms with Gasteiger partial charge in [-0.15, -0.1) is 0 Å². The molecular weight excluding hydrogens is 404 g/mol. The molecule has 2 aromatic heterocycles. The zero-order chi connectivity index (χ0) is 21.5. The van der Waals surface area contributed by atoms with Crippen LogP contribution in [0.2, 0.25) is 0 Å². The standard InChI is InChI=1S/C25H24N4O3/c30-25(20-15-27-28-24(20)17-5-6-22-23(13-17)32-12-11-31-22)29-9-7-16(8-10-29)19-14-26-21-4-2-1-3-18(19)21/h1-6,13-16,26H,7-12H2,(H,27,28). The summed E-state index contributed by atoms with van der Waals surface area (Å²) in [5.41, 5.74) is 4.69. The number of benzene rings is 2. The SMILES string of the molecule is O=C(c1cn[nH]c1-c1ccc2c(c1)OCCO2)N1CCC(c2c[nH]c3ccccc23)CC1. The van der Waals surface area contributed by atoms with Crippen LogP contribution in [-0.4, -0.2) is 52.3 Å². The number of nitrogens with one attached hydrogen (secondary N) is 2. The zero-order valence-electron chi connectivity index (χ0n) is 17.6. The second kappa shape index (κ2) is 7.75. The third-order valence-electron chi connectivity index (χ3n) is 6.54. The maximum Gasteiger partial charge on any atom is 0.257 e. The number of piperidine rings is 1. The van der Waals surface area contributed by atoms with Crippen molar-refractivity contribution in [1.29, 1.82) is 0 Å². The topological polar surface area (TPSA) is 83.2 Å². The Morgan fingerprint density at radius 1 is 1.03 bits per heavy atom. The number of aromatic amines is 2. The Kier molecular flexibility index (Phi) is 4.60. The lowest BCUT2D eigenvalue weighted by atomic mass is 9.89. The average molecular weight is 428 g/mol. The van der Waals surface area contributed by atoms with Gasteiger partial charge in [-0.1, -0.05) is 18.2 Å². The van der Waals surface area contributed by atoms with Gasteiger partial charge in [0.1, 0.15) is 13.2 Å². The fourth-order valence-electron chi connectivity index (χ4n) is 4.86. The second-order valence-electron chi connectivity index (χ2n) is 8.37. The Morgan fingerprint density at radius 2 is 1.84 bits per heavy atom. The van der Waals surface area contributed by atoms with Crippen molar-refractivity contribution >= 4 is 16.8 Å². The third-order valence-corrected chi connectivity index (χ3v) is 6.54. The van der Waals surface area contributed by atoms with Gasteiger partial charge in [0.25, 0.3) is 5.91 Å². The number of hydrogen-bond acceptors (Lipinski definition) is 4. The van der Waals surface area contributed by atoms with Crippen LogP contribution in [0, 0.1) is 0 Å². The molecule has 0 atom stereocenters. The highest BCUT2D eigenvalue weighted by atomic mass is 16.6. The van der Waals surface area contributed by atoms with Crippen molar-refractivity contribution in [2.45, 2.75) is 18.8 Å². The number of rotatable bonds is 3. The van der Waals surface area contributed by atoms with E-state index in [1.165, 1.54) is 16.5 Å². The van der Waals surface area contributed by atoms with Gasteiger partial charge in [-0.3, -0.25) is 9.89 Å².